The monoisotopic (exact) mass is 353 g/mol. The summed E-state index contributed by atoms with van der Waals surface area (Å²) in [6.07, 6.45) is 2.73. The fourth-order valence-electron chi connectivity index (χ4n) is 2.84. The summed E-state index contributed by atoms with van der Waals surface area (Å²) in [7, 11) is -0.363. The highest BCUT2D eigenvalue weighted by Crippen LogP contribution is 2.14. The summed E-state index contributed by atoms with van der Waals surface area (Å²) in [5, 5.41) is 0. The van der Waals surface area contributed by atoms with Crippen LogP contribution in [0.2, 0.25) is 0 Å². The van der Waals surface area contributed by atoms with Crippen molar-refractivity contribution in [3.05, 3.63) is 35.4 Å². The van der Waals surface area contributed by atoms with Gasteiger partial charge in [0, 0.05) is 45.8 Å². The van der Waals surface area contributed by atoms with E-state index in [0.717, 1.165) is 12.8 Å². The highest BCUT2D eigenvalue weighted by atomic mass is 32.2. The van der Waals surface area contributed by atoms with E-state index in [1.54, 1.807) is 4.90 Å². The summed E-state index contributed by atoms with van der Waals surface area (Å²) in [4.78, 5) is 14.4. The highest BCUT2D eigenvalue weighted by Gasteiger charge is 2.28. The maximum absolute atomic E-state index is 12.7. The number of aryl methyl sites for hydroxylation is 1. The second-order valence-corrected chi connectivity index (χ2v) is 8.42. The number of amides is 1. The zero-order chi connectivity index (χ0) is 17.7. The zero-order valence-corrected chi connectivity index (χ0v) is 15.6. The lowest BCUT2D eigenvalue weighted by molar-refractivity contribution is 0.0764. The number of carbonyl (C=O) groups excluding carboxylic acids is 1. The Kier molecular flexibility index (Phi) is 6.37. The summed E-state index contributed by atoms with van der Waals surface area (Å²) >= 11 is 0. The van der Waals surface area contributed by atoms with Crippen molar-refractivity contribution in [2.45, 2.75) is 26.2 Å². The van der Waals surface area contributed by atoms with Gasteiger partial charge in [0.25, 0.3) is 16.1 Å². The van der Waals surface area contributed by atoms with Crippen LogP contribution in [0.4, 0.5) is 0 Å². The molecular weight excluding hydrogens is 326 g/mol. The van der Waals surface area contributed by atoms with E-state index in [-0.39, 0.29) is 5.91 Å². The van der Waals surface area contributed by atoms with Gasteiger partial charge in [-0.2, -0.15) is 17.0 Å². The minimum absolute atomic E-state index is 0.0258. The molecule has 7 heteroatoms. The summed E-state index contributed by atoms with van der Waals surface area (Å²) in [5.74, 6) is -0.0258. The Hall–Kier alpha value is -1.44. The van der Waals surface area contributed by atoms with Crippen molar-refractivity contribution in [1.29, 1.82) is 0 Å². The van der Waals surface area contributed by atoms with Crippen molar-refractivity contribution in [3.8, 4) is 0 Å². The lowest BCUT2D eigenvalue weighted by atomic mass is 10.1. The van der Waals surface area contributed by atoms with Gasteiger partial charge in [0.2, 0.25) is 0 Å². The van der Waals surface area contributed by atoms with Gasteiger partial charge in [0.05, 0.1) is 0 Å². The first-order valence-electron chi connectivity index (χ1n) is 8.42. The molecule has 1 fully saturated rings. The Morgan fingerprint density at radius 3 is 2.33 bits per heavy atom. The minimum atomic E-state index is -3.42. The number of benzene rings is 1. The number of hydrogen-bond donors (Lipinski definition) is 0. The van der Waals surface area contributed by atoms with Gasteiger partial charge in [-0.25, -0.2) is 0 Å². The Labute approximate surface area is 145 Å². The number of hydrogen-bond acceptors (Lipinski definition) is 3. The first-order valence-corrected chi connectivity index (χ1v) is 9.81. The molecule has 1 heterocycles. The van der Waals surface area contributed by atoms with Crippen LogP contribution in [0, 0.1) is 0 Å². The van der Waals surface area contributed by atoms with Crippen LogP contribution in [0.25, 0.3) is 0 Å². The molecule has 6 nitrogen and oxygen atoms in total. The molecule has 0 radical (unpaired) electrons. The van der Waals surface area contributed by atoms with E-state index < -0.39 is 10.2 Å². The van der Waals surface area contributed by atoms with Gasteiger partial charge in [-0.3, -0.25) is 4.79 Å². The standard InChI is InChI=1S/C17H27N3O3S/c1-4-6-15-7-9-16(10-8-15)17(21)19-11-5-12-20(14-13-19)24(22,23)18(2)3/h7-10H,4-6,11-14H2,1-3H3. The molecule has 1 aliphatic heterocycles. The fourth-order valence-corrected chi connectivity index (χ4v) is 3.98. The molecule has 1 amide bonds. The highest BCUT2D eigenvalue weighted by molar-refractivity contribution is 7.86. The quantitative estimate of drug-likeness (QED) is 0.808. The van der Waals surface area contributed by atoms with Crippen LogP contribution >= 0.6 is 0 Å². The molecular formula is C17H27N3O3S. The SMILES string of the molecule is CCCc1ccc(C(=O)N2CCCN(S(=O)(=O)N(C)C)CC2)cc1. The largest absolute Gasteiger partial charge is 0.337 e. The van der Waals surface area contributed by atoms with Gasteiger partial charge in [-0.1, -0.05) is 25.5 Å². The van der Waals surface area contributed by atoms with Crippen LogP contribution in [0.15, 0.2) is 24.3 Å². The molecule has 24 heavy (non-hydrogen) atoms. The molecule has 0 N–H and O–H groups in total. The normalized spacial score (nSPS) is 17.1. The van der Waals surface area contributed by atoms with Crippen LogP contribution in [-0.4, -0.2) is 68.1 Å². The molecule has 0 saturated carbocycles. The second kappa shape index (κ2) is 8.09. The van der Waals surface area contributed by atoms with E-state index in [2.05, 4.69) is 6.92 Å². The van der Waals surface area contributed by atoms with E-state index in [1.807, 2.05) is 24.3 Å². The molecule has 1 saturated heterocycles. The summed E-state index contributed by atoms with van der Waals surface area (Å²) in [5.41, 5.74) is 1.90. The van der Waals surface area contributed by atoms with E-state index in [9.17, 15) is 13.2 Å². The fraction of sp³-hybridized carbons (Fsp3) is 0.588. The topological polar surface area (TPSA) is 60.9 Å². The van der Waals surface area contributed by atoms with Crippen molar-refractivity contribution < 1.29 is 13.2 Å². The maximum Gasteiger partial charge on any atom is 0.281 e. The van der Waals surface area contributed by atoms with E-state index >= 15 is 0 Å². The van der Waals surface area contributed by atoms with Crippen LogP contribution in [-0.2, 0) is 16.6 Å². The molecule has 0 unspecified atom stereocenters. The van der Waals surface area contributed by atoms with Crippen molar-refractivity contribution in [1.82, 2.24) is 13.5 Å². The average Bonchev–Trinajstić information content (AvgIpc) is 2.81. The van der Waals surface area contributed by atoms with Crippen LogP contribution in [0.3, 0.4) is 0 Å². The zero-order valence-electron chi connectivity index (χ0n) is 14.7. The first kappa shape index (κ1) is 18.9. The van der Waals surface area contributed by atoms with E-state index in [4.69, 9.17) is 0 Å². The number of nitrogens with zero attached hydrogens (tertiary/aromatic N) is 3. The van der Waals surface area contributed by atoms with Crippen molar-refractivity contribution in [2.24, 2.45) is 0 Å². The summed E-state index contributed by atoms with van der Waals surface area (Å²) in [6, 6.07) is 7.73. The van der Waals surface area contributed by atoms with Crippen LogP contribution < -0.4 is 0 Å². The minimum Gasteiger partial charge on any atom is -0.337 e. The summed E-state index contributed by atoms with van der Waals surface area (Å²) < 4.78 is 27.1. The van der Waals surface area contributed by atoms with Gasteiger partial charge < -0.3 is 4.90 Å². The van der Waals surface area contributed by atoms with Gasteiger partial charge in [0.15, 0.2) is 0 Å². The lowest BCUT2D eigenvalue weighted by Gasteiger charge is -2.24. The number of carbonyl (C=O) groups is 1. The third-order valence-corrected chi connectivity index (χ3v) is 6.21. The first-order chi connectivity index (χ1) is 11.4. The van der Waals surface area contributed by atoms with Crippen molar-refractivity contribution in [3.63, 3.8) is 0 Å². The molecule has 1 aliphatic rings. The average molecular weight is 353 g/mol. The lowest BCUT2D eigenvalue weighted by Crippen LogP contribution is -2.42. The van der Waals surface area contributed by atoms with Crippen molar-refractivity contribution in [2.75, 3.05) is 40.3 Å². The Morgan fingerprint density at radius 2 is 1.75 bits per heavy atom. The predicted molar refractivity (Wildman–Crippen MR) is 95.1 cm³/mol. The third-order valence-electron chi connectivity index (χ3n) is 4.27. The molecule has 0 bridgehead atoms. The Morgan fingerprint density at radius 1 is 1.08 bits per heavy atom. The molecule has 0 spiro atoms. The predicted octanol–water partition coefficient (Wildman–Crippen LogP) is 1.59. The Balaban J connectivity index is 2.04. The van der Waals surface area contributed by atoms with E-state index in [0.29, 0.717) is 38.2 Å². The third kappa shape index (κ3) is 4.34. The molecule has 0 aliphatic carbocycles. The molecule has 0 atom stereocenters. The molecule has 1 aromatic rings. The van der Waals surface area contributed by atoms with Gasteiger partial charge in [-0.05, 0) is 30.5 Å². The second-order valence-electron chi connectivity index (χ2n) is 6.28. The Bertz CT molecular complexity index is 656. The van der Waals surface area contributed by atoms with Crippen LogP contribution in [0.5, 0.6) is 0 Å². The molecule has 134 valence electrons. The summed E-state index contributed by atoms with van der Waals surface area (Å²) in [6.45, 7) is 3.90. The van der Waals surface area contributed by atoms with Crippen molar-refractivity contribution >= 4 is 16.1 Å². The van der Waals surface area contributed by atoms with Gasteiger partial charge in [0.1, 0.15) is 0 Å². The molecule has 1 aromatic carbocycles. The van der Waals surface area contributed by atoms with E-state index in [1.165, 1.54) is 28.3 Å². The van der Waals surface area contributed by atoms with Gasteiger partial charge >= 0.3 is 0 Å². The number of rotatable bonds is 5. The maximum atomic E-state index is 12.7. The van der Waals surface area contributed by atoms with Crippen LogP contribution in [0.1, 0.15) is 35.7 Å². The smallest absolute Gasteiger partial charge is 0.281 e. The molecule has 2 rings (SSSR count). The molecule has 0 aromatic heterocycles. The van der Waals surface area contributed by atoms with Gasteiger partial charge in [-0.15, -0.1) is 0 Å².